The third-order valence-electron chi connectivity index (χ3n) is 4.24. The number of ether oxygens (including phenoxy) is 1. The van der Waals surface area contributed by atoms with Crippen LogP contribution < -0.4 is 5.32 Å². The highest BCUT2D eigenvalue weighted by molar-refractivity contribution is 8.00. The van der Waals surface area contributed by atoms with E-state index in [4.69, 9.17) is 4.74 Å². The fourth-order valence-corrected chi connectivity index (χ4v) is 3.75. The zero-order valence-corrected chi connectivity index (χ0v) is 13.3. The van der Waals surface area contributed by atoms with E-state index < -0.39 is 5.54 Å². The quantitative estimate of drug-likeness (QED) is 0.775. The van der Waals surface area contributed by atoms with Gasteiger partial charge < -0.3 is 15.0 Å². The Bertz CT molecular complexity index is 433. The van der Waals surface area contributed by atoms with E-state index in [0.29, 0.717) is 30.4 Å². The van der Waals surface area contributed by atoms with Crippen molar-refractivity contribution in [3.05, 3.63) is 0 Å². The summed E-state index contributed by atoms with van der Waals surface area (Å²) >= 11 is 1.49. The molecule has 1 N–H and O–H groups in total. The average molecular weight is 314 g/mol. The normalized spacial score (nSPS) is 29.3. The van der Waals surface area contributed by atoms with E-state index in [1.165, 1.54) is 23.8 Å². The van der Waals surface area contributed by atoms with Crippen LogP contribution in [0.1, 0.15) is 32.6 Å². The van der Waals surface area contributed by atoms with Crippen molar-refractivity contribution in [1.29, 1.82) is 0 Å². The van der Waals surface area contributed by atoms with Crippen LogP contribution in [0.2, 0.25) is 0 Å². The van der Waals surface area contributed by atoms with Crippen LogP contribution in [0.25, 0.3) is 0 Å². The summed E-state index contributed by atoms with van der Waals surface area (Å²) in [6, 6.07) is 0. The molecule has 0 aromatic heterocycles. The Morgan fingerprint density at radius 3 is 2.62 bits per heavy atom. The first-order valence-corrected chi connectivity index (χ1v) is 8.37. The second kappa shape index (κ2) is 6.68. The Hall–Kier alpha value is -1.24. The first kappa shape index (κ1) is 16.1. The molecule has 2 amide bonds. The van der Waals surface area contributed by atoms with Gasteiger partial charge in [0.25, 0.3) is 0 Å². The number of amides is 2. The van der Waals surface area contributed by atoms with Gasteiger partial charge in [-0.25, -0.2) is 4.79 Å². The van der Waals surface area contributed by atoms with E-state index in [0.717, 1.165) is 12.8 Å². The topological polar surface area (TPSA) is 75.7 Å². The third kappa shape index (κ3) is 3.70. The zero-order valence-electron chi connectivity index (χ0n) is 12.5. The Morgan fingerprint density at radius 1 is 1.43 bits per heavy atom. The molecule has 2 fully saturated rings. The fourth-order valence-electron chi connectivity index (χ4n) is 2.85. The van der Waals surface area contributed by atoms with Crippen LogP contribution in [-0.2, 0) is 19.1 Å². The number of nitrogens with one attached hydrogen (secondary N) is 1. The molecule has 118 valence electrons. The second-order valence-electron chi connectivity index (χ2n) is 5.87. The summed E-state index contributed by atoms with van der Waals surface area (Å²) in [6.07, 6.45) is 2.95. The van der Waals surface area contributed by atoms with Crippen LogP contribution in [0, 0.1) is 5.92 Å². The Balaban J connectivity index is 1.99. The third-order valence-corrected chi connectivity index (χ3v) is 5.19. The van der Waals surface area contributed by atoms with Gasteiger partial charge in [-0.05, 0) is 31.6 Å². The zero-order chi connectivity index (χ0) is 15.5. The number of esters is 1. The standard InChI is InChI=1S/C14H22N2O4S/c1-10-3-5-14(6-4-10,13(19)20-2)15-11(17)7-16-9-21-8-12(16)18/h10H,3-9H2,1-2H3,(H,15,17). The summed E-state index contributed by atoms with van der Waals surface area (Å²) in [5, 5.41) is 2.83. The van der Waals surface area contributed by atoms with Gasteiger partial charge in [-0.1, -0.05) is 6.92 Å². The first-order chi connectivity index (χ1) is 9.97. The maximum atomic E-state index is 12.2. The monoisotopic (exact) mass is 314 g/mol. The van der Waals surface area contributed by atoms with Gasteiger partial charge in [0.05, 0.1) is 18.7 Å². The molecule has 6 nitrogen and oxygen atoms in total. The Kier molecular flexibility index (Phi) is 5.13. The lowest BCUT2D eigenvalue weighted by molar-refractivity contribution is -0.153. The lowest BCUT2D eigenvalue weighted by atomic mass is 9.77. The highest BCUT2D eigenvalue weighted by atomic mass is 32.2. The van der Waals surface area contributed by atoms with Gasteiger partial charge >= 0.3 is 5.97 Å². The molecule has 1 saturated heterocycles. The molecule has 2 aliphatic rings. The van der Waals surface area contributed by atoms with Crippen molar-refractivity contribution in [2.24, 2.45) is 5.92 Å². The summed E-state index contributed by atoms with van der Waals surface area (Å²) in [6.45, 7) is 2.16. The minimum atomic E-state index is -0.922. The van der Waals surface area contributed by atoms with E-state index >= 15 is 0 Å². The van der Waals surface area contributed by atoms with Crippen LogP contribution >= 0.6 is 11.8 Å². The van der Waals surface area contributed by atoms with Crippen LogP contribution in [0.15, 0.2) is 0 Å². The van der Waals surface area contributed by atoms with E-state index in [9.17, 15) is 14.4 Å². The van der Waals surface area contributed by atoms with Crippen LogP contribution in [0.4, 0.5) is 0 Å². The van der Waals surface area contributed by atoms with Crippen molar-refractivity contribution in [2.45, 2.75) is 38.1 Å². The molecule has 0 spiro atoms. The molecule has 0 atom stereocenters. The van der Waals surface area contributed by atoms with Crippen LogP contribution in [-0.4, -0.2) is 53.5 Å². The molecule has 1 saturated carbocycles. The van der Waals surface area contributed by atoms with Crippen LogP contribution in [0.5, 0.6) is 0 Å². The number of nitrogens with zero attached hydrogens (tertiary/aromatic N) is 1. The molecule has 21 heavy (non-hydrogen) atoms. The number of thioether (sulfide) groups is 1. The molecule has 0 unspecified atom stereocenters. The second-order valence-corrected chi connectivity index (χ2v) is 6.83. The Morgan fingerprint density at radius 2 is 2.10 bits per heavy atom. The smallest absolute Gasteiger partial charge is 0.331 e. The van der Waals surface area contributed by atoms with Gasteiger partial charge in [-0.15, -0.1) is 11.8 Å². The fraction of sp³-hybridized carbons (Fsp3) is 0.786. The highest BCUT2D eigenvalue weighted by Gasteiger charge is 2.43. The molecule has 2 rings (SSSR count). The summed E-state index contributed by atoms with van der Waals surface area (Å²) in [5.74, 6) is 0.813. The van der Waals surface area contributed by atoms with Crippen molar-refractivity contribution in [3.63, 3.8) is 0 Å². The molecule has 1 aliphatic heterocycles. The van der Waals surface area contributed by atoms with Gasteiger partial charge in [0.2, 0.25) is 11.8 Å². The van der Waals surface area contributed by atoms with E-state index in [-0.39, 0.29) is 24.3 Å². The number of carbonyl (C=O) groups excluding carboxylic acids is 3. The molecule has 0 aromatic carbocycles. The summed E-state index contributed by atoms with van der Waals surface area (Å²) in [5.41, 5.74) is -0.922. The van der Waals surface area contributed by atoms with Crippen molar-refractivity contribution >= 4 is 29.5 Å². The van der Waals surface area contributed by atoms with E-state index in [1.54, 1.807) is 0 Å². The molecule has 7 heteroatoms. The summed E-state index contributed by atoms with van der Waals surface area (Å²) in [4.78, 5) is 37.4. The van der Waals surface area contributed by atoms with Gasteiger partial charge in [0.15, 0.2) is 0 Å². The number of hydrogen-bond acceptors (Lipinski definition) is 5. The van der Waals surface area contributed by atoms with Gasteiger partial charge in [0, 0.05) is 0 Å². The summed E-state index contributed by atoms with van der Waals surface area (Å²) < 4.78 is 4.88. The first-order valence-electron chi connectivity index (χ1n) is 7.22. The van der Waals surface area contributed by atoms with E-state index in [2.05, 4.69) is 12.2 Å². The highest BCUT2D eigenvalue weighted by Crippen LogP contribution is 2.33. The van der Waals surface area contributed by atoms with Gasteiger partial charge in [-0.2, -0.15) is 0 Å². The van der Waals surface area contributed by atoms with Gasteiger partial charge in [-0.3, -0.25) is 9.59 Å². The molecular weight excluding hydrogens is 292 g/mol. The molecular formula is C14H22N2O4S. The Labute approximate surface area is 129 Å². The minimum absolute atomic E-state index is 0.0140. The number of rotatable bonds is 4. The molecule has 1 heterocycles. The van der Waals surface area contributed by atoms with Crippen molar-refractivity contribution in [2.75, 3.05) is 25.3 Å². The molecule has 0 aromatic rings. The predicted octanol–water partition coefficient (Wildman–Crippen LogP) is 0.757. The average Bonchev–Trinajstić information content (AvgIpc) is 2.86. The van der Waals surface area contributed by atoms with E-state index in [1.807, 2.05) is 0 Å². The van der Waals surface area contributed by atoms with Crippen molar-refractivity contribution in [1.82, 2.24) is 10.2 Å². The molecule has 0 bridgehead atoms. The molecule has 0 radical (unpaired) electrons. The number of hydrogen-bond donors (Lipinski definition) is 1. The lowest BCUT2D eigenvalue weighted by Gasteiger charge is -2.37. The summed E-state index contributed by atoms with van der Waals surface area (Å²) in [7, 11) is 1.34. The van der Waals surface area contributed by atoms with Crippen molar-refractivity contribution < 1.29 is 19.1 Å². The minimum Gasteiger partial charge on any atom is -0.467 e. The molecule has 1 aliphatic carbocycles. The largest absolute Gasteiger partial charge is 0.467 e. The van der Waals surface area contributed by atoms with Crippen LogP contribution in [0.3, 0.4) is 0 Å². The number of carbonyl (C=O) groups is 3. The SMILES string of the molecule is COC(=O)C1(NC(=O)CN2CSCC2=O)CCC(C)CC1. The maximum Gasteiger partial charge on any atom is 0.331 e. The van der Waals surface area contributed by atoms with Crippen molar-refractivity contribution in [3.8, 4) is 0 Å². The number of methoxy groups -OCH3 is 1. The van der Waals surface area contributed by atoms with Gasteiger partial charge in [0.1, 0.15) is 12.1 Å². The lowest BCUT2D eigenvalue weighted by Crippen LogP contribution is -2.58. The predicted molar refractivity (Wildman–Crippen MR) is 79.6 cm³/mol. The maximum absolute atomic E-state index is 12.2.